The molecule has 2 atom stereocenters. The number of aryl methyl sites for hydroxylation is 1. The van der Waals surface area contributed by atoms with Gasteiger partial charge >= 0.3 is 12.0 Å². The Morgan fingerprint density at radius 3 is 2.89 bits per heavy atom. The van der Waals surface area contributed by atoms with Gasteiger partial charge in [0.15, 0.2) is 0 Å². The summed E-state index contributed by atoms with van der Waals surface area (Å²) in [5.74, 6) is -1.06. The van der Waals surface area contributed by atoms with Crippen LogP contribution in [-0.2, 0) is 11.8 Å². The fourth-order valence-corrected chi connectivity index (χ4v) is 2.31. The molecule has 1 heterocycles. The second-order valence-electron chi connectivity index (χ2n) is 4.57. The van der Waals surface area contributed by atoms with Crippen molar-refractivity contribution in [2.75, 3.05) is 11.9 Å². The Balaban J connectivity index is 1.78. The number of tetrazole rings is 1. The molecule has 3 N–H and O–H groups in total. The van der Waals surface area contributed by atoms with Gasteiger partial charge in [0.1, 0.15) is 0 Å². The lowest BCUT2D eigenvalue weighted by atomic mass is 9.96. The molecule has 1 aromatic heterocycles. The van der Waals surface area contributed by atoms with Crippen LogP contribution in [0.4, 0.5) is 10.7 Å². The van der Waals surface area contributed by atoms with Gasteiger partial charge < -0.3 is 10.4 Å². The van der Waals surface area contributed by atoms with E-state index in [0.717, 1.165) is 12.8 Å². The van der Waals surface area contributed by atoms with E-state index in [1.165, 1.54) is 4.80 Å². The van der Waals surface area contributed by atoms with Gasteiger partial charge in [0.05, 0.1) is 13.0 Å². The predicted molar refractivity (Wildman–Crippen MR) is 64.3 cm³/mol. The normalized spacial score (nSPS) is 22.2. The number of amides is 2. The van der Waals surface area contributed by atoms with Crippen molar-refractivity contribution in [3.8, 4) is 0 Å². The number of urea groups is 1. The maximum absolute atomic E-state index is 11.6. The lowest BCUT2D eigenvalue weighted by molar-refractivity contribution is -0.142. The second kappa shape index (κ2) is 5.63. The van der Waals surface area contributed by atoms with Gasteiger partial charge in [-0.2, -0.15) is 4.80 Å². The Kier molecular flexibility index (Phi) is 3.93. The van der Waals surface area contributed by atoms with Gasteiger partial charge in [-0.25, -0.2) is 4.79 Å². The molecular formula is C10H16N6O3. The third-order valence-corrected chi connectivity index (χ3v) is 3.23. The van der Waals surface area contributed by atoms with Crippen molar-refractivity contribution >= 4 is 17.9 Å². The number of nitrogens with one attached hydrogen (secondary N) is 2. The quantitative estimate of drug-likeness (QED) is 0.697. The highest BCUT2D eigenvalue weighted by Crippen LogP contribution is 2.31. The second-order valence-corrected chi connectivity index (χ2v) is 4.57. The number of aliphatic carboxylic acids is 1. The smallest absolute Gasteiger partial charge is 0.321 e. The number of hydrogen-bond donors (Lipinski definition) is 3. The molecule has 1 fully saturated rings. The summed E-state index contributed by atoms with van der Waals surface area (Å²) in [6.07, 6.45) is 2.38. The van der Waals surface area contributed by atoms with E-state index >= 15 is 0 Å². The van der Waals surface area contributed by atoms with Crippen LogP contribution in [0.25, 0.3) is 0 Å². The Labute approximate surface area is 109 Å². The van der Waals surface area contributed by atoms with Crippen LogP contribution in [0.3, 0.4) is 0 Å². The summed E-state index contributed by atoms with van der Waals surface area (Å²) in [7, 11) is 1.59. The van der Waals surface area contributed by atoms with E-state index < -0.39 is 12.0 Å². The van der Waals surface area contributed by atoms with E-state index in [2.05, 4.69) is 26.0 Å². The van der Waals surface area contributed by atoms with Crippen molar-refractivity contribution in [2.24, 2.45) is 18.9 Å². The standard InChI is InChI=1S/C10H16N6O3/c1-16-14-9(13-15-16)12-10(19)11-5-6-3-2-4-7(6)8(17)18/h6-7H,2-5H2,1H3,(H,17,18)(H2,11,12,14,19). The third kappa shape index (κ3) is 3.39. The molecular weight excluding hydrogens is 252 g/mol. The number of anilines is 1. The summed E-state index contributed by atoms with van der Waals surface area (Å²) in [5.41, 5.74) is 0. The van der Waals surface area contributed by atoms with Crippen molar-refractivity contribution in [1.82, 2.24) is 25.5 Å². The van der Waals surface area contributed by atoms with Crippen molar-refractivity contribution < 1.29 is 14.7 Å². The molecule has 0 spiro atoms. The van der Waals surface area contributed by atoms with Gasteiger partial charge in [-0.3, -0.25) is 10.1 Å². The molecule has 2 unspecified atom stereocenters. The maximum atomic E-state index is 11.6. The number of carbonyl (C=O) groups is 2. The van der Waals surface area contributed by atoms with Crippen LogP contribution in [0.15, 0.2) is 0 Å². The summed E-state index contributed by atoms with van der Waals surface area (Å²) >= 11 is 0. The molecule has 1 aliphatic carbocycles. The summed E-state index contributed by atoms with van der Waals surface area (Å²) in [6, 6.07) is -0.455. The number of nitrogens with zero attached hydrogens (tertiary/aromatic N) is 4. The predicted octanol–water partition coefficient (Wildman–Crippen LogP) is -0.168. The molecule has 0 bridgehead atoms. The molecule has 1 aliphatic rings. The summed E-state index contributed by atoms with van der Waals surface area (Å²) in [4.78, 5) is 23.8. The zero-order valence-electron chi connectivity index (χ0n) is 10.5. The van der Waals surface area contributed by atoms with Gasteiger partial charge in [-0.05, 0) is 24.0 Å². The molecule has 0 aliphatic heterocycles. The average molecular weight is 268 g/mol. The van der Waals surface area contributed by atoms with Gasteiger partial charge in [0, 0.05) is 6.54 Å². The van der Waals surface area contributed by atoms with E-state index in [9.17, 15) is 9.59 Å². The minimum Gasteiger partial charge on any atom is -0.481 e. The lowest BCUT2D eigenvalue weighted by Gasteiger charge is -2.15. The van der Waals surface area contributed by atoms with Crippen LogP contribution < -0.4 is 10.6 Å². The Hall–Kier alpha value is -2.19. The van der Waals surface area contributed by atoms with Crippen LogP contribution >= 0.6 is 0 Å². The van der Waals surface area contributed by atoms with E-state index in [1.54, 1.807) is 7.05 Å². The summed E-state index contributed by atoms with van der Waals surface area (Å²) in [6.45, 7) is 0.336. The van der Waals surface area contributed by atoms with Crippen molar-refractivity contribution in [1.29, 1.82) is 0 Å². The molecule has 104 valence electrons. The summed E-state index contributed by atoms with van der Waals surface area (Å²) in [5, 5.41) is 25.1. The number of aromatic nitrogens is 4. The molecule has 0 saturated heterocycles. The van der Waals surface area contributed by atoms with Crippen LogP contribution in [0.5, 0.6) is 0 Å². The van der Waals surface area contributed by atoms with Crippen LogP contribution in [-0.4, -0.2) is 43.9 Å². The van der Waals surface area contributed by atoms with Crippen LogP contribution in [0, 0.1) is 11.8 Å². The fourth-order valence-electron chi connectivity index (χ4n) is 2.31. The summed E-state index contributed by atoms with van der Waals surface area (Å²) < 4.78 is 0. The highest BCUT2D eigenvalue weighted by Gasteiger charge is 2.32. The molecule has 9 heteroatoms. The lowest BCUT2D eigenvalue weighted by Crippen LogP contribution is -2.35. The molecule has 0 radical (unpaired) electrons. The first kappa shape index (κ1) is 13.2. The Morgan fingerprint density at radius 2 is 2.26 bits per heavy atom. The highest BCUT2D eigenvalue weighted by molar-refractivity contribution is 5.87. The molecule has 9 nitrogen and oxygen atoms in total. The van der Waals surface area contributed by atoms with Gasteiger partial charge in [-0.15, -0.1) is 5.10 Å². The van der Waals surface area contributed by atoms with Crippen LogP contribution in [0.2, 0.25) is 0 Å². The minimum atomic E-state index is -0.791. The van der Waals surface area contributed by atoms with E-state index in [1.807, 2.05) is 0 Å². The molecule has 1 aromatic rings. The number of carbonyl (C=O) groups excluding carboxylic acids is 1. The first-order chi connectivity index (χ1) is 9.06. The topological polar surface area (TPSA) is 122 Å². The molecule has 1 saturated carbocycles. The highest BCUT2D eigenvalue weighted by atomic mass is 16.4. The number of carboxylic acids is 1. The Morgan fingerprint density at radius 1 is 1.47 bits per heavy atom. The maximum Gasteiger partial charge on any atom is 0.321 e. The zero-order valence-corrected chi connectivity index (χ0v) is 10.5. The Bertz CT molecular complexity index is 474. The van der Waals surface area contributed by atoms with Crippen molar-refractivity contribution in [3.63, 3.8) is 0 Å². The first-order valence-corrected chi connectivity index (χ1v) is 6.08. The number of rotatable bonds is 4. The van der Waals surface area contributed by atoms with Gasteiger partial charge in [0.2, 0.25) is 0 Å². The largest absolute Gasteiger partial charge is 0.481 e. The van der Waals surface area contributed by atoms with Gasteiger partial charge in [0.25, 0.3) is 5.95 Å². The monoisotopic (exact) mass is 268 g/mol. The molecule has 2 amide bonds. The van der Waals surface area contributed by atoms with Gasteiger partial charge in [-0.1, -0.05) is 11.5 Å². The van der Waals surface area contributed by atoms with E-state index in [4.69, 9.17) is 5.11 Å². The van der Waals surface area contributed by atoms with E-state index in [-0.39, 0.29) is 17.8 Å². The number of carboxylic acid groups (broad SMARTS) is 1. The molecule has 2 rings (SSSR count). The van der Waals surface area contributed by atoms with Crippen molar-refractivity contribution in [3.05, 3.63) is 0 Å². The molecule has 19 heavy (non-hydrogen) atoms. The fraction of sp³-hybridized carbons (Fsp3) is 0.700. The van der Waals surface area contributed by atoms with Crippen molar-refractivity contribution in [2.45, 2.75) is 19.3 Å². The first-order valence-electron chi connectivity index (χ1n) is 6.08. The average Bonchev–Trinajstić information content (AvgIpc) is 2.95. The number of hydrogen-bond acceptors (Lipinski definition) is 5. The molecule has 0 aromatic carbocycles. The third-order valence-electron chi connectivity index (χ3n) is 3.23. The van der Waals surface area contributed by atoms with E-state index in [0.29, 0.717) is 13.0 Å². The minimum absolute atomic E-state index is 0.0157. The SMILES string of the molecule is Cn1nnc(NC(=O)NCC2CCCC2C(=O)O)n1. The van der Waals surface area contributed by atoms with Crippen LogP contribution in [0.1, 0.15) is 19.3 Å². The zero-order chi connectivity index (χ0) is 13.8.